The van der Waals surface area contributed by atoms with E-state index in [1.54, 1.807) is 12.4 Å². The van der Waals surface area contributed by atoms with Gasteiger partial charge in [-0.05, 0) is 54.3 Å². The molecule has 0 aliphatic carbocycles. The van der Waals surface area contributed by atoms with Crippen LogP contribution in [0.3, 0.4) is 0 Å². The summed E-state index contributed by atoms with van der Waals surface area (Å²) in [6.45, 7) is 2.87. The molecule has 160 valence electrons. The topological polar surface area (TPSA) is 63.9 Å². The summed E-state index contributed by atoms with van der Waals surface area (Å²) in [5, 5.41) is 9.59. The minimum atomic E-state index is 0.0845. The number of anilines is 1. The standard InChI is InChI=1S/C25H23N5OS/c1-2-18-7-9-21(10-8-18)30-24(20-11-14-26-15-12-20)27-28-25(30)32-17-23(31)29-16-13-19-5-3-4-6-22(19)29/h3-12,14-15H,2,13,16-17H2,1H3. The highest BCUT2D eigenvalue weighted by molar-refractivity contribution is 7.99. The lowest BCUT2D eigenvalue weighted by molar-refractivity contribution is -0.116. The molecule has 2 aromatic carbocycles. The molecule has 32 heavy (non-hydrogen) atoms. The molecule has 0 saturated heterocycles. The van der Waals surface area contributed by atoms with Crippen molar-refractivity contribution in [1.29, 1.82) is 0 Å². The molecule has 0 spiro atoms. The molecule has 3 heterocycles. The van der Waals surface area contributed by atoms with Crippen LogP contribution >= 0.6 is 11.8 Å². The lowest BCUT2D eigenvalue weighted by Gasteiger charge is -2.17. The molecule has 0 atom stereocenters. The van der Waals surface area contributed by atoms with Gasteiger partial charge in [-0.3, -0.25) is 14.3 Å². The first-order valence-corrected chi connectivity index (χ1v) is 11.7. The number of aromatic nitrogens is 4. The minimum Gasteiger partial charge on any atom is -0.311 e. The van der Waals surface area contributed by atoms with Crippen molar-refractivity contribution in [3.05, 3.63) is 84.2 Å². The first-order chi connectivity index (χ1) is 15.7. The van der Waals surface area contributed by atoms with Crippen molar-refractivity contribution in [3.63, 3.8) is 0 Å². The third-order valence-corrected chi connectivity index (χ3v) is 6.60. The van der Waals surface area contributed by atoms with Gasteiger partial charge >= 0.3 is 0 Å². The maximum absolute atomic E-state index is 13.0. The molecule has 2 aromatic heterocycles. The molecule has 0 radical (unpaired) electrons. The molecular formula is C25H23N5OS. The van der Waals surface area contributed by atoms with Crippen LogP contribution < -0.4 is 4.90 Å². The van der Waals surface area contributed by atoms with Crippen molar-refractivity contribution in [2.75, 3.05) is 17.2 Å². The van der Waals surface area contributed by atoms with E-state index in [0.29, 0.717) is 10.9 Å². The number of benzene rings is 2. The third kappa shape index (κ3) is 3.91. The van der Waals surface area contributed by atoms with Crippen molar-refractivity contribution in [2.24, 2.45) is 0 Å². The normalized spacial score (nSPS) is 12.7. The van der Waals surface area contributed by atoms with E-state index in [9.17, 15) is 4.79 Å². The predicted octanol–water partition coefficient (Wildman–Crippen LogP) is 4.57. The van der Waals surface area contributed by atoms with E-state index in [1.807, 2.05) is 39.8 Å². The summed E-state index contributed by atoms with van der Waals surface area (Å²) in [6, 6.07) is 20.3. The second-order valence-electron chi connectivity index (χ2n) is 7.61. The van der Waals surface area contributed by atoms with E-state index < -0.39 is 0 Å². The molecule has 0 fully saturated rings. The van der Waals surface area contributed by atoms with Gasteiger partial charge in [0.15, 0.2) is 11.0 Å². The van der Waals surface area contributed by atoms with Crippen LogP contribution in [0.25, 0.3) is 17.1 Å². The predicted molar refractivity (Wildman–Crippen MR) is 127 cm³/mol. The molecule has 4 aromatic rings. The molecule has 5 rings (SSSR count). The average Bonchev–Trinajstić information content (AvgIpc) is 3.48. The zero-order chi connectivity index (χ0) is 21.9. The van der Waals surface area contributed by atoms with Gasteiger partial charge in [0.1, 0.15) is 0 Å². The molecule has 0 N–H and O–H groups in total. The van der Waals surface area contributed by atoms with E-state index in [1.165, 1.54) is 22.9 Å². The van der Waals surface area contributed by atoms with E-state index in [0.717, 1.165) is 42.1 Å². The van der Waals surface area contributed by atoms with Crippen LogP contribution in [-0.4, -0.2) is 38.0 Å². The summed E-state index contributed by atoms with van der Waals surface area (Å²) in [7, 11) is 0. The van der Waals surface area contributed by atoms with Crippen molar-refractivity contribution in [1.82, 2.24) is 19.7 Å². The van der Waals surface area contributed by atoms with Gasteiger partial charge < -0.3 is 4.90 Å². The lowest BCUT2D eigenvalue weighted by Crippen LogP contribution is -2.30. The third-order valence-electron chi connectivity index (χ3n) is 5.69. The van der Waals surface area contributed by atoms with Crippen LogP contribution in [0.4, 0.5) is 5.69 Å². The number of nitrogens with zero attached hydrogens (tertiary/aromatic N) is 5. The highest BCUT2D eigenvalue weighted by Gasteiger charge is 2.25. The number of pyridine rings is 1. The summed E-state index contributed by atoms with van der Waals surface area (Å²) in [6.07, 6.45) is 5.37. The van der Waals surface area contributed by atoms with Gasteiger partial charge in [0.05, 0.1) is 5.75 Å². The van der Waals surface area contributed by atoms with Gasteiger partial charge in [-0.25, -0.2) is 0 Å². The monoisotopic (exact) mass is 441 g/mol. The maximum Gasteiger partial charge on any atom is 0.237 e. The zero-order valence-corrected chi connectivity index (χ0v) is 18.6. The summed E-state index contributed by atoms with van der Waals surface area (Å²) < 4.78 is 2.02. The van der Waals surface area contributed by atoms with Gasteiger partial charge in [-0.15, -0.1) is 10.2 Å². The molecule has 0 unspecified atom stereocenters. The van der Waals surface area contributed by atoms with Gasteiger partial charge in [0.2, 0.25) is 5.91 Å². The van der Waals surface area contributed by atoms with Crippen molar-refractivity contribution >= 4 is 23.4 Å². The first-order valence-electron chi connectivity index (χ1n) is 10.7. The Morgan fingerprint density at radius 3 is 2.56 bits per heavy atom. The van der Waals surface area contributed by atoms with Crippen LogP contribution in [0.1, 0.15) is 18.1 Å². The molecule has 1 aliphatic heterocycles. The fourth-order valence-electron chi connectivity index (χ4n) is 3.97. The Labute approximate surface area is 191 Å². The second-order valence-corrected chi connectivity index (χ2v) is 8.55. The van der Waals surface area contributed by atoms with Crippen LogP contribution in [0, 0.1) is 0 Å². The molecule has 0 saturated carbocycles. The molecule has 1 amide bonds. The van der Waals surface area contributed by atoms with E-state index in [-0.39, 0.29) is 5.91 Å². The maximum atomic E-state index is 13.0. The Balaban J connectivity index is 1.44. The van der Waals surface area contributed by atoms with Crippen LogP contribution in [0.15, 0.2) is 78.2 Å². The minimum absolute atomic E-state index is 0.0845. The summed E-state index contributed by atoms with van der Waals surface area (Å²) in [4.78, 5) is 19.0. The van der Waals surface area contributed by atoms with Gasteiger partial charge in [-0.2, -0.15) is 0 Å². The summed E-state index contributed by atoms with van der Waals surface area (Å²) >= 11 is 1.42. The number of rotatable bonds is 6. The van der Waals surface area contributed by atoms with Crippen molar-refractivity contribution < 1.29 is 4.79 Å². The fourth-order valence-corrected chi connectivity index (χ4v) is 4.79. The highest BCUT2D eigenvalue weighted by Crippen LogP contribution is 2.31. The largest absolute Gasteiger partial charge is 0.311 e. The molecule has 0 bridgehead atoms. The van der Waals surface area contributed by atoms with Crippen LogP contribution in [0.5, 0.6) is 0 Å². The summed E-state index contributed by atoms with van der Waals surface area (Å²) in [5.41, 5.74) is 5.42. The smallest absolute Gasteiger partial charge is 0.237 e. The first kappa shape index (κ1) is 20.5. The van der Waals surface area contributed by atoms with Gasteiger partial charge in [-0.1, -0.05) is 49.0 Å². The Bertz CT molecular complexity index is 1240. The highest BCUT2D eigenvalue weighted by atomic mass is 32.2. The number of fused-ring (bicyclic) bond motifs is 1. The lowest BCUT2D eigenvalue weighted by atomic mass is 10.1. The van der Waals surface area contributed by atoms with E-state index >= 15 is 0 Å². The Morgan fingerprint density at radius 2 is 1.78 bits per heavy atom. The fraction of sp³-hybridized carbons (Fsp3) is 0.200. The number of hydrogen-bond acceptors (Lipinski definition) is 5. The number of aryl methyl sites for hydroxylation is 1. The second kappa shape index (κ2) is 8.96. The number of hydrogen-bond donors (Lipinski definition) is 0. The molecule has 7 heteroatoms. The van der Waals surface area contributed by atoms with Gasteiger partial charge in [0, 0.05) is 35.9 Å². The average molecular weight is 442 g/mol. The van der Waals surface area contributed by atoms with Crippen molar-refractivity contribution in [3.8, 4) is 17.1 Å². The van der Waals surface area contributed by atoms with E-state index in [4.69, 9.17) is 0 Å². The SMILES string of the molecule is CCc1ccc(-n2c(SCC(=O)N3CCc4ccccc43)nnc2-c2ccncc2)cc1. The number of carbonyl (C=O) groups excluding carboxylic acids is 1. The zero-order valence-electron chi connectivity index (χ0n) is 17.8. The van der Waals surface area contributed by atoms with Crippen molar-refractivity contribution in [2.45, 2.75) is 24.9 Å². The number of amides is 1. The van der Waals surface area contributed by atoms with Crippen LogP contribution in [0.2, 0.25) is 0 Å². The molecular weight excluding hydrogens is 418 g/mol. The Hall–Kier alpha value is -3.45. The number of carbonyl (C=O) groups is 1. The number of para-hydroxylation sites is 1. The quantitative estimate of drug-likeness (QED) is 0.410. The Kier molecular flexibility index (Phi) is 5.73. The molecule has 6 nitrogen and oxygen atoms in total. The van der Waals surface area contributed by atoms with Crippen LogP contribution in [-0.2, 0) is 17.6 Å². The number of thioether (sulfide) groups is 1. The Morgan fingerprint density at radius 1 is 1.00 bits per heavy atom. The van der Waals surface area contributed by atoms with Gasteiger partial charge in [0.25, 0.3) is 0 Å². The summed E-state index contributed by atoms with van der Waals surface area (Å²) in [5.74, 6) is 1.12. The molecule has 1 aliphatic rings. The van der Waals surface area contributed by atoms with E-state index in [2.05, 4.69) is 52.4 Å².